The van der Waals surface area contributed by atoms with E-state index in [1.54, 1.807) is 25.3 Å². The molecule has 0 spiro atoms. The maximum atomic E-state index is 12.6. The second-order valence-corrected chi connectivity index (χ2v) is 6.33. The summed E-state index contributed by atoms with van der Waals surface area (Å²) in [6, 6.07) is 10.7. The zero-order valence-corrected chi connectivity index (χ0v) is 14.9. The first-order valence-electron chi connectivity index (χ1n) is 8.21. The molecule has 0 bridgehead atoms. The van der Waals surface area contributed by atoms with Crippen molar-refractivity contribution in [2.45, 2.75) is 6.42 Å². The number of ether oxygens (including phenoxy) is 3. The number of nitrogens with one attached hydrogen (secondary N) is 2. The summed E-state index contributed by atoms with van der Waals surface area (Å²) < 4.78 is 16.4. The van der Waals surface area contributed by atoms with E-state index in [0.29, 0.717) is 41.1 Å². The lowest BCUT2D eigenvalue weighted by atomic mass is 10.2. The van der Waals surface area contributed by atoms with Crippen molar-refractivity contribution in [2.24, 2.45) is 0 Å². The molecule has 0 unspecified atom stereocenters. The number of amides is 1. The van der Waals surface area contributed by atoms with Crippen LogP contribution in [0.2, 0.25) is 5.02 Å². The number of hydrogen-bond acceptors (Lipinski definition) is 4. The molecule has 2 N–H and O–H groups in total. The minimum absolute atomic E-state index is 0.295. The molecule has 0 radical (unpaired) electrons. The molecule has 1 aliphatic heterocycles. The molecule has 2 heterocycles. The van der Waals surface area contributed by atoms with E-state index in [0.717, 1.165) is 23.1 Å². The van der Waals surface area contributed by atoms with Gasteiger partial charge in [0.25, 0.3) is 5.91 Å². The summed E-state index contributed by atoms with van der Waals surface area (Å²) in [6.07, 6.45) is 0.798. The normalized spacial score (nSPS) is 13.3. The number of rotatable bonds is 3. The van der Waals surface area contributed by atoms with E-state index in [9.17, 15) is 4.79 Å². The van der Waals surface area contributed by atoms with Crippen LogP contribution in [0, 0.1) is 0 Å². The van der Waals surface area contributed by atoms with Crippen LogP contribution in [0.15, 0.2) is 36.4 Å². The molecular formula is C19H17ClN2O4. The largest absolute Gasteiger partial charge is 0.497 e. The number of carbonyl (C=O) groups excluding carboxylic acids is 1. The van der Waals surface area contributed by atoms with Crippen LogP contribution in [0.5, 0.6) is 17.2 Å². The van der Waals surface area contributed by atoms with Gasteiger partial charge in [-0.3, -0.25) is 4.79 Å². The van der Waals surface area contributed by atoms with Crippen LogP contribution in [0.4, 0.5) is 5.69 Å². The number of aromatic amines is 1. The predicted octanol–water partition coefficient (Wildman–Crippen LogP) is 4.24. The third-order valence-electron chi connectivity index (χ3n) is 4.16. The fraction of sp³-hybridized carbons (Fsp3) is 0.211. The van der Waals surface area contributed by atoms with Crippen LogP contribution in [-0.2, 0) is 0 Å². The third-order valence-corrected chi connectivity index (χ3v) is 4.47. The lowest BCUT2D eigenvalue weighted by Gasteiger charge is -2.12. The van der Waals surface area contributed by atoms with Crippen molar-refractivity contribution in [3.05, 3.63) is 47.1 Å². The zero-order valence-electron chi connectivity index (χ0n) is 14.1. The molecule has 6 nitrogen and oxygen atoms in total. The molecule has 0 saturated carbocycles. The highest BCUT2D eigenvalue weighted by Gasteiger charge is 2.17. The van der Waals surface area contributed by atoms with Gasteiger partial charge in [0.05, 0.1) is 31.0 Å². The quantitative estimate of drug-likeness (QED) is 0.721. The molecule has 0 aliphatic carbocycles. The summed E-state index contributed by atoms with van der Waals surface area (Å²) in [5, 5.41) is 4.12. The van der Waals surface area contributed by atoms with E-state index in [2.05, 4.69) is 10.3 Å². The topological polar surface area (TPSA) is 72.6 Å². The van der Waals surface area contributed by atoms with Crippen molar-refractivity contribution in [1.82, 2.24) is 4.98 Å². The van der Waals surface area contributed by atoms with Crippen molar-refractivity contribution >= 4 is 34.1 Å². The SMILES string of the molecule is COc1ccc2cc(C(=O)Nc3cc4c(cc3Cl)OCCCO4)[nH]c2c1. The van der Waals surface area contributed by atoms with Crippen LogP contribution in [-0.4, -0.2) is 31.2 Å². The summed E-state index contributed by atoms with van der Waals surface area (Å²) in [4.78, 5) is 15.7. The van der Waals surface area contributed by atoms with Crippen LogP contribution in [0.1, 0.15) is 16.9 Å². The van der Waals surface area contributed by atoms with E-state index < -0.39 is 0 Å². The summed E-state index contributed by atoms with van der Waals surface area (Å²) in [5.41, 5.74) is 1.72. The summed E-state index contributed by atoms with van der Waals surface area (Å²) in [7, 11) is 1.60. The number of hydrogen-bond donors (Lipinski definition) is 2. The molecule has 26 heavy (non-hydrogen) atoms. The molecule has 3 aromatic rings. The maximum Gasteiger partial charge on any atom is 0.272 e. The molecule has 1 amide bonds. The highest BCUT2D eigenvalue weighted by Crippen LogP contribution is 2.37. The van der Waals surface area contributed by atoms with Gasteiger partial charge in [-0.25, -0.2) is 0 Å². The Morgan fingerprint density at radius 3 is 2.69 bits per heavy atom. The fourth-order valence-corrected chi connectivity index (χ4v) is 3.03. The molecule has 7 heteroatoms. The number of aromatic nitrogens is 1. The Kier molecular flexibility index (Phi) is 4.34. The highest BCUT2D eigenvalue weighted by atomic mass is 35.5. The average molecular weight is 373 g/mol. The molecule has 4 rings (SSSR count). The molecule has 0 fully saturated rings. The zero-order chi connectivity index (χ0) is 18.1. The first-order valence-corrected chi connectivity index (χ1v) is 8.59. The van der Waals surface area contributed by atoms with Gasteiger partial charge in [0.15, 0.2) is 11.5 Å². The van der Waals surface area contributed by atoms with Crippen LogP contribution in [0.25, 0.3) is 10.9 Å². The van der Waals surface area contributed by atoms with Crippen molar-refractivity contribution in [1.29, 1.82) is 0 Å². The van der Waals surface area contributed by atoms with Crippen molar-refractivity contribution in [3.8, 4) is 17.2 Å². The number of carbonyl (C=O) groups is 1. The second-order valence-electron chi connectivity index (χ2n) is 5.92. The van der Waals surface area contributed by atoms with Crippen molar-refractivity contribution < 1.29 is 19.0 Å². The minimum Gasteiger partial charge on any atom is -0.497 e. The van der Waals surface area contributed by atoms with Gasteiger partial charge in [0.1, 0.15) is 11.4 Å². The first kappa shape index (κ1) is 16.6. The molecule has 1 aliphatic rings. The smallest absolute Gasteiger partial charge is 0.272 e. The Bertz CT molecular complexity index is 983. The molecular weight excluding hydrogens is 356 g/mol. The second kappa shape index (κ2) is 6.80. The molecule has 0 atom stereocenters. The van der Waals surface area contributed by atoms with E-state index >= 15 is 0 Å². The van der Waals surface area contributed by atoms with Gasteiger partial charge in [0.2, 0.25) is 0 Å². The van der Waals surface area contributed by atoms with Crippen molar-refractivity contribution in [2.75, 3.05) is 25.6 Å². The Labute approximate surface area is 155 Å². The summed E-state index contributed by atoms with van der Waals surface area (Å²) in [6.45, 7) is 1.14. The van der Waals surface area contributed by atoms with E-state index in [4.69, 9.17) is 25.8 Å². The monoisotopic (exact) mass is 372 g/mol. The lowest BCUT2D eigenvalue weighted by molar-refractivity contribution is 0.102. The Balaban J connectivity index is 1.61. The maximum absolute atomic E-state index is 12.6. The Morgan fingerprint density at radius 1 is 1.15 bits per heavy atom. The number of anilines is 1. The van der Waals surface area contributed by atoms with Crippen LogP contribution in [0.3, 0.4) is 0 Å². The van der Waals surface area contributed by atoms with Gasteiger partial charge in [0, 0.05) is 35.5 Å². The minimum atomic E-state index is -0.295. The van der Waals surface area contributed by atoms with Gasteiger partial charge in [-0.2, -0.15) is 0 Å². The van der Waals surface area contributed by atoms with E-state index in [-0.39, 0.29) is 5.91 Å². The van der Waals surface area contributed by atoms with Gasteiger partial charge in [-0.1, -0.05) is 11.6 Å². The van der Waals surface area contributed by atoms with Crippen LogP contribution >= 0.6 is 11.6 Å². The number of H-pyrrole nitrogens is 1. The molecule has 0 saturated heterocycles. The molecule has 2 aromatic carbocycles. The van der Waals surface area contributed by atoms with Gasteiger partial charge < -0.3 is 24.5 Å². The lowest BCUT2D eigenvalue weighted by Crippen LogP contribution is -2.12. The third kappa shape index (κ3) is 3.15. The first-order chi connectivity index (χ1) is 12.6. The summed E-state index contributed by atoms with van der Waals surface area (Å²) in [5.74, 6) is 1.58. The van der Waals surface area contributed by atoms with Gasteiger partial charge >= 0.3 is 0 Å². The molecule has 1 aromatic heterocycles. The van der Waals surface area contributed by atoms with Crippen LogP contribution < -0.4 is 19.5 Å². The van der Waals surface area contributed by atoms with E-state index in [1.165, 1.54) is 0 Å². The number of methoxy groups -OCH3 is 1. The van der Waals surface area contributed by atoms with E-state index in [1.807, 2.05) is 18.2 Å². The number of halogens is 1. The Hall–Kier alpha value is -2.86. The van der Waals surface area contributed by atoms with Gasteiger partial charge in [-0.15, -0.1) is 0 Å². The highest BCUT2D eigenvalue weighted by molar-refractivity contribution is 6.34. The number of benzene rings is 2. The van der Waals surface area contributed by atoms with Crippen molar-refractivity contribution in [3.63, 3.8) is 0 Å². The predicted molar refractivity (Wildman–Crippen MR) is 99.9 cm³/mol. The number of fused-ring (bicyclic) bond motifs is 2. The fourth-order valence-electron chi connectivity index (χ4n) is 2.82. The van der Waals surface area contributed by atoms with Gasteiger partial charge in [-0.05, 0) is 18.2 Å². The summed E-state index contributed by atoms with van der Waals surface area (Å²) >= 11 is 6.29. The molecule has 134 valence electrons. The average Bonchev–Trinajstić information content (AvgIpc) is 2.94. The Morgan fingerprint density at radius 2 is 1.92 bits per heavy atom. The standard InChI is InChI=1S/C19H17ClN2O4/c1-24-12-4-3-11-7-16(21-14(11)8-12)19(23)22-15-10-18-17(9-13(15)20)25-5-2-6-26-18/h3-4,7-10,21H,2,5-6H2,1H3,(H,22,23).